The van der Waals surface area contributed by atoms with Crippen molar-refractivity contribution in [3.05, 3.63) is 30.1 Å². The minimum absolute atomic E-state index is 0.699. The van der Waals surface area contributed by atoms with Gasteiger partial charge in [0, 0.05) is 18.4 Å². The van der Waals surface area contributed by atoms with Crippen LogP contribution in [-0.4, -0.2) is 18.1 Å². The maximum Gasteiger partial charge on any atom is 0.0302 e. The van der Waals surface area contributed by atoms with E-state index in [0.29, 0.717) is 12.0 Å². The van der Waals surface area contributed by atoms with Crippen molar-refractivity contribution in [3.63, 3.8) is 0 Å². The van der Waals surface area contributed by atoms with E-state index >= 15 is 0 Å². The Morgan fingerprint density at radius 2 is 2.38 bits per heavy atom. The lowest BCUT2D eigenvalue weighted by molar-refractivity contribution is 0.194. The number of hydrogen-bond donors (Lipinski definition) is 1. The van der Waals surface area contributed by atoms with Crippen LogP contribution < -0.4 is 5.32 Å². The van der Waals surface area contributed by atoms with Crippen LogP contribution in [0.5, 0.6) is 0 Å². The van der Waals surface area contributed by atoms with E-state index in [1.807, 2.05) is 25.5 Å². The van der Waals surface area contributed by atoms with Crippen molar-refractivity contribution in [1.29, 1.82) is 0 Å². The molecule has 0 saturated heterocycles. The van der Waals surface area contributed by atoms with Gasteiger partial charge in [-0.3, -0.25) is 4.98 Å². The van der Waals surface area contributed by atoms with Gasteiger partial charge in [0.2, 0.25) is 0 Å². The Kier molecular flexibility index (Phi) is 2.32. The zero-order valence-electron chi connectivity index (χ0n) is 8.20. The summed E-state index contributed by atoms with van der Waals surface area (Å²) in [6.07, 6.45) is 5.08. The monoisotopic (exact) mass is 176 g/mol. The number of pyridine rings is 1. The third-order valence-electron chi connectivity index (χ3n) is 3.26. The van der Waals surface area contributed by atoms with E-state index in [2.05, 4.69) is 23.3 Å². The third-order valence-corrected chi connectivity index (χ3v) is 3.26. The molecule has 2 nitrogen and oxygen atoms in total. The zero-order chi connectivity index (χ0) is 9.26. The molecule has 70 valence electrons. The van der Waals surface area contributed by atoms with Crippen molar-refractivity contribution in [3.8, 4) is 0 Å². The predicted octanol–water partition coefficient (Wildman–Crippen LogP) is 1.79. The molecule has 0 amide bonds. The van der Waals surface area contributed by atoms with Gasteiger partial charge in [-0.2, -0.15) is 0 Å². The van der Waals surface area contributed by atoms with E-state index in [0.717, 1.165) is 5.92 Å². The van der Waals surface area contributed by atoms with Gasteiger partial charge in [0.1, 0.15) is 0 Å². The Balaban J connectivity index is 2.06. The van der Waals surface area contributed by atoms with Crippen LogP contribution in [0.15, 0.2) is 24.5 Å². The second-order valence-electron chi connectivity index (χ2n) is 3.88. The summed E-state index contributed by atoms with van der Waals surface area (Å²) >= 11 is 0. The summed E-state index contributed by atoms with van der Waals surface area (Å²) in [5, 5.41) is 3.33. The number of nitrogens with one attached hydrogen (secondary N) is 1. The van der Waals surface area contributed by atoms with Gasteiger partial charge in [-0.1, -0.05) is 13.0 Å². The number of rotatable bonds is 2. The minimum atomic E-state index is 0.699. The molecule has 1 aromatic rings. The van der Waals surface area contributed by atoms with Crippen molar-refractivity contribution in [1.82, 2.24) is 10.3 Å². The molecule has 1 aliphatic carbocycles. The summed E-state index contributed by atoms with van der Waals surface area (Å²) < 4.78 is 0. The standard InChI is InChI=1S/C11H16N2/c1-8-10(6-11(8)12-2)9-4-3-5-13-7-9/h3-5,7-8,10-12H,6H2,1-2H3. The molecule has 2 heteroatoms. The summed E-state index contributed by atoms with van der Waals surface area (Å²) in [6.45, 7) is 2.31. The van der Waals surface area contributed by atoms with E-state index in [1.165, 1.54) is 12.0 Å². The molecular weight excluding hydrogens is 160 g/mol. The van der Waals surface area contributed by atoms with Gasteiger partial charge >= 0.3 is 0 Å². The quantitative estimate of drug-likeness (QED) is 0.743. The normalized spacial score (nSPS) is 32.6. The fraction of sp³-hybridized carbons (Fsp3) is 0.545. The lowest BCUT2D eigenvalue weighted by atomic mass is 9.67. The van der Waals surface area contributed by atoms with Crippen LogP contribution in [-0.2, 0) is 0 Å². The van der Waals surface area contributed by atoms with Gasteiger partial charge in [-0.15, -0.1) is 0 Å². The van der Waals surface area contributed by atoms with Gasteiger partial charge in [-0.25, -0.2) is 0 Å². The predicted molar refractivity (Wildman–Crippen MR) is 53.6 cm³/mol. The number of hydrogen-bond acceptors (Lipinski definition) is 2. The highest BCUT2D eigenvalue weighted by atomic mass is 14.9. The molecule has 1 heterocycles. The average molecular weight is 176 g/mol. The minimum Gasteiger partial charge on any atom is -0.317 e. The van der Waals surface area contributed by atoms with Crippen LogP contribution >= 0.6 is 0 Å². The molecule has 1 aromatic heterocycles. The lowest BCUT2D eigenvalue weighted by Gasteiger charge is -2.42. The van der Waals surface area contributed by atoms with Gasteiger partial charge in [0.15, 0.2) is 0 Å². The summed E-state index contributed by atoms with van der Waals surface area (Å²) in [5.41, 5.74) is 1.39. The Morgan fingerprint density at radius 1 is 1.54 bits per heavy atom. The van der Waals surface area contributed by atoms with E-state index < -0.39 is 0 Å². The van der Waals surface area contributed by atoms with Crippen LogP contribution in [0.4, 0.5) is 0 Å². The molecule has 0 aliphatic heterocycles. The van der Waals surface area contributed by atoms with E-state index in [4.69, 9.17) is 0 Å². The molecule has 0 aromatic carbocycles. The molecule has 0 radical (unpaired) electrons. The van der Waals surface area contributed by atoms with Crippen molar-refractivity contribution >= 4 is 0 Å². The largest absolute Gasteiger partial charge is 0.317 e. The maximum atomic E-state index is 4.15. The molecule has 1 fully saturated rings. The van der Waals surface area contributed by atoms with Gasteiger partial charge in [0.25, 0.3) is 0 Å². The number of aromatic nitrogens is 1. The van der Waals surface area contributed by atoms with Gasteiger partial charge in [-0.05, 0) is 36.9 Å². The molecule has 1 aliphatic rings. The topological polar surface area (TPSA) is 24.9 Å². The van der Waals surface area contributed by atoms with Crippen molar-refractivity contribution < 1.29 is 0 Å². The van der Waals surface area contributed by atoms with Gasteiger partial charge < -0.3 is 5.32 Å². The molecule has 3 atom stereocenters. The van der Waals surface area contributed by atoms with Crippen LogP contribution in [0.3, 0.4) is 0 Å². The van der Waals surface area contributed by atoms with Crippen LogP contribution in [0.25, 0.3) is 0 Å². The number of nitrogens with zero attached hydrogens (tertiary/aromatic N) is 1. The van der Waals surface area contributed by atoms with E-state index in [-0.39, 0.29) is 0 Å². The Bertz CT molecular complexity index is 271. The summed E-state index contributed by atoms with van der Waals surface area (Å²) in [7, 11) is 2.04. The molecule has 2 rings (SSSR count). The summed E-state index contributed by atoms with van der Waals surface area (Å²) in [4.78, 5) is 4.15. The summed E-state index contributed by atoms with van der Waals surface area (Å²) in [5.74, 6) is 1.46. The summed E-state index contributed by atoms with van der Waals surface area (Å²) in [6, 6.07) is 4.90. The maximum absolute atomic E-state index is 4.15. The first kappa shape index (κ1) is 8.70. The smallest absolute Gasteiger partial charge is 0.0302 e. The molecule has 1 N–H and O–H groups in total. The highest BCUT2D eigenvalue weighted by Crippen LogP contribution is 2.41. The molecule has 0 spiro atoms. The molecule has 1 saturated carbocycles. The highest BCUT2D eigenvalue weighted by Gasteiger charge is 2.37. The van der Waals surface area contributed by atoms with Crippen molar-refractivity contribution in [2.75, 3.05) is 7.05 Å². The van der Waals surface area contributed by atoms with E-state index in [1.54, 1.807) is 0 Å². The fourth-order valence-corrected chi connectivity index (χ4v) is 2.20. The molecule has 13 heavy (non-hydrogen) atoms. The Morgan fingerprint density at radius 3 is 2.92 bits per heavy atom. The van der Waals surface area contributed by atoms with Crippen LogP contribution in [0, 0.1) is 5.92 Å². The molecular formula is C11H16N2. The first-order valence-electron chi connectivity index (χ1n) is 4.90. The fourth-order valence-electron chi connectivity index (χ4n) is 2.20. The van der Waals surface area contributed by atoms with Gasteiger partial charge in [0.05, 0.1) is 0 Å². The first-order chi connectivity index (χ1) is 6.33. The highest BCUT2D eigenvalue weighted by molar-refractivity contribution is 5.20. The van der Waals surface area contributed by atoms with Crippen molar-refractivity contribution in [2.45, 2.75) is 25.3 Å². The first-order valence-corrected chi connectivity index (χ1v) is 4.90. The van der Waals surface area contributed by atoms with E-state index in [9.17, 15) is 0 Å². The Labute approximate surface area is 79.4 Å². The van der Waals surface area contributed by atoms with Crippen LogP contribution in [0.2, 0.25) is 0 Å². The van der Waals surface area contributed by atoms with Crippen molar-refractivity contribution in [2.24, 2.45) is 5.92 Å². The zero-order valence-corrected chi connectivity index (χ0v) is 8.20. The van der Waals surface area contributed by atoms with Crippen LogP contribution in [0.1, 0.15) is 24.8 Å². The second-order valence-corrected chi connectivity index (χ2v) is 3.88. The third kappa shape index (κ3) is 1.46. The lowest BCUT2D eigenvalue weighted by Crippen LogP contribution is -2.46. The average Bonchev–Trinajstić information content (AvgIpc) is 2.18. The SMILES string of the molecule is CNC1CC(c2cccnc2)C1C. The Hall–Kier alpha value is -0.890. The second kappa shape index (κ2) is 3.46. The molecule has 0 bridgehead atoms. The molecule has 3 unspecified atom stereocenters.